The molecule has 2 aromatic rings. The van der Waals surface area contributed by atoms with E-state index < -0.39 is 0 Å². The van der Waals surface area contributed by atoms with Gasteiger partial charge in [0.05, 0.1) is 7.11 Å². The lowest BCUT2D eigenvalue weighted by molar-refractivity contribution is 0.364. The standard InChI is InChI=1S/C13H12N2O2S/c1-3-4-9-17-13-15-14-12(18-13)10-5-7-11(16-2)8-6-10/h5-8H,9H2,1-2H3. The lowest BCUT2D eigenvalue weighted by atomic mass is 10.2. The lowest BCUT2D eigenvalue weighted by Crippen LogP contribution is -1.92. The predicted octanol–water partition coefficient (Wildman–Crippen LogP) is 2.62. The molecular weight excluding hydrogens is 248 g/mol. The zero-order valence-electron chi connectivity index (χ0n) is 10.1. The Labute approximate surface area is 110 Å². The van der Waals surface area contributed by atoms with Crippen molar-refractivity contribution in [2.45, 2.75) is 6.92 Å². The van der Waals surface area contributed by atoms with E-state index in [-0.39, 0.29) is 0 Å². The summed E-state index contributed by atoms with van der Waals surface area (Å²) in [7, 11) is 1.64. The first-order valence-electron chi connectivity index (χ1n) is 5.34. The Hall–Kier alpha value is -2.06. The summed E-state index contributed by atoms with van der Waals surface area (Å²) in [5.74, 6) is 6.39. The molecule has 1 aromatic carbocycles. The minimum absolute atomic E-state index is 0.341. The van der Waals surface area contributed by atoms with E-state index in [9.17, 15) is 0 Å². The van der Waals surface area contributed by atoms with Crippen LogP contribution in [0.2, 0.25) is 0 Å². The van der Waals surface area contributed by atoms with Gasteiger partial charge in [0.15, 0.2) is 11.6 Å². The van der Waals surface area contributed by atoms with Gasteiger partial charge in [-0.15, -0.1) is 11.0 Å². The summed E-state index contributed by atoms with van der Waals surface area (Å²) in [5.41, 5.74) is 0.990. The Kier molecular flexibility index (Phi) is 4.15. The van der Waals surface area contributed by atoms with Crippen LogP contribution in [-0.2, 0) is 0 Å². The maximum atomic E-state index is 5.34. The number of hydrogen-bond acceptors (Lipinski definition) is 5. The minimum Gasteiger partial charge on any atom is -0.497 e. The second-order valence-corrected chi connectivity index (χ2v) is 4.26. The van der Waals surface area contributed by atoms with E-state index >= 15 is 0 Å². The van der Waals surface area contributed by atoms with Gasteiger partial charge in [-0.05, 0) is 31.2 Å². The van der Waals surface area contributed by atoms with E-state index in [1.807, 2.05) is 24.3 Å². The number of benzene rings is 1. The molecule has 92 valence electrons. The van der Waals surface area contributed by atoms with Crippen molar-refractivity contribution in [1.82, 2.24) is 10.2 Å². The molecule has 0 fully saturated rings. The summed E-state index contributed by atoms with van der Waals surface area (Å²) in [6.45, 7) is 2.11. The molecule has 0 atom stereocenters. The Balaban J connectivity index is 2.09. The first-order valence-corrected chi connectivity index (χ1v) is 6.15. The highest BCUT2D eigenvalue weighted by atomic mass is 32.1. The largest absolute Gasteiger partial charge is 0.497 e. The van der Waals surface area contributed by atoms with E-state index in [2.05, 4.69) is 22.0 Å². The van der Waals surface area contributed by atoms with Crippen LogP contribution >= 0.6 is 11.3 Å². The van der Waals surface area contributed by atoms with Gasteiger partial charge in [0.1, 0.15) is 5.75 Å². The Morgan fingerprint density at radius 2 is 2.00 bits per heavy atom. The molecule has 0 bridgehead atoms. The second-order valence-electron chi connectivity index (χ2n) is 3.32. The number of methoxy groups -OCH3 is 1. The molecule has 1 aromatic heterocycles. The highest BCUT2D eigenvalue weighted by molar-refractivity contribution is 7.16. The fraction of sp³-hybridized carbons (Fsp3) is 0.231. The van der Waals surface area contributed by atoms with Gasteiger partial charge in [-0.25, -0.2) is 0 Å². The van der Waals surface area contributed by atoms with Crippen LogP contribution in [0.1, 0.15) is 6.92 Å². The number of nitrogens with zero attached hydrogens (tertiary/aromatic N) is 2. The summed E-state index contributed by atoms with van der Waals surface area (Å²) >= 11 is 1.40. The third-order valence-corrected chi connectivity index (χ3v) is 3.07. The average Bonchev–Trinajstić information content (AvgIpc) is 2.88. The summed E-state index contributed by atoms with van der Waals surface area (Å²) in [5, 5.41) is 9.38. The monoisotopic (exact) mass is 260 g/mol. The van der Waals surface area contributed by atoms with Crippen molar-refractivity contribution in [3.63, 3.8) is 0 Å². The predicted molar refractivity (Wildman–Crippen MR) is 70.8 cm³/mol. The highest BCUT2D eigenvalue weighted by Gasteiger charge is 2.07. The Bertz CT molecular complexity index is 567. The van der Waals surface area contributed by atoms with Crippen LogP contribution < -0.4 is 9.47 Å². The van der Waals surface area contributed by atoms with E-state index in [4.69, 9.17) is 9.47 Å². The third-order valence-electron chi connectivity index (χ3n) is 2.19. The minimum atomic E-state index is 0.341. The fourth-order valence-corrected chi connectivity index (χ4v) is 1.99. The molecule has 4 nitrogen and oxygen atoms in total. The number of ether oxygens (including phenoxy) is 2. The van der Waals surface area contributed by atoms with Crippen molar-refractivity contribution in [3.05, 3.63) is 24.3 Å². The van der Waals surface area contributed by atoms with Crippen molar-refractivity contribution in [3.8, 4) is 33.4 Å². The van der Waals surface area contributed by atoms with Crippen LogP contribution in [0.5, 0.6) is 10.9 Å². The van der Waals surface area contributed by atoms with Gasteiger partial charge in [0.2, 0.25) is 0 Å². The average molecular weight is 260 g/mol. The molecule has 0 unspecified atom stereocenters. The van der Waals surface area contributed by atoms with Gasteiger partial charge < -0.3 is 9.47 Å². The number of rotatable bonds is 4. The molecule has 0 saturated carbocycles. The van der Waals surface area contributed by atoms with Crippen LogP contribution in [0.25, 0.3) is 10.6 Å². The van der Waals surface area contributed by atoms with Gasteiger partial charge in [-0.2, -0.15) is 0 Å². The second kappa shape index (κ2) is 6.03. The Morgan fingerprint density at radius 3 is 2.67 bits per heavy atom. The first kappa shape index (κ1) is 12.4. The number of aromatic nitrogens is 2. The molecule has 18 heavy (non-hydrogen) atoms. The summed E-state index contributed by atoms with van der Waals surface area (Å²) in [6.07, 6.45) is 0. The van der Waals surface area contributed by atoms with Gasteiger partial charge in [0, 0.05) is 5.56 Å². The van der Waals surface area contributed by atoms with Crippen LogP contribution in [0, 0.1) is 11.8 Å². The molecule has 0 aliphatic heterocycles. The maximum absolute atomic E-state index is 5.34. The van der Waals surface area contributed by atoms with E-state index in [1.165, 1.54) is 11.3 Å². The van der Waals surface area contributed by atoms with Crippen molar-refractivity contribution in [2.24, 2.45) is 0 Å². The molecule has 5 heteroatoms. The van der Waals surface area contributed by atoms with Crippen LogP contribution in [-0.4, -0.2) is 23.9 Å². The molecule has 0 spiro atoms. The zero-order valence-corrected chi connectivity index (χ0v) is 11.0. The molecule has 1 heterocycles. The third kappa shape index (κ3) is 2.99. The molecule has 0 radical (unpaired) electrons. The normalized spacial score (nSPS) is 9.44. The van der Waals surface area contributed by atoms with E-state index in [0.717, 1.165) is 16.3 Å². The van der Waals surface area contributed by atoms with Crippen molar-refractivity contribution in [2.75, 3.05) is 13.7 Å². The summed E-state index contributed by atoms with van der Waals surface area (Å²) in [4.78, 5) is 0. The lowest BCUT2D eigenvalue weighted by Gasteiger charge is -1.99. The van der Waals surface area contributed by atoms with Crippen molar-refractivity contribution >= 4 is 11.3 Å². The molecule has 0 amide bonds. The fourth-order valence-electron chi connectivity index (χ4n) is 1.29. The molecule has 0 aliphatic rings. The molecular formula is C13H12N2O2S. The van der Waals surface area contributed by atoms with Gasteiger partial charge in [-0.3, -0.25) is 0 Å². The smallest absolute Gasteiger partial charge is 0.295 e. The molecule has 2 rings (SSSR count). The van der Waals surface area contributed by atoms with Gasteiger partial charge in [-0.1, -0.05) is 22.4 Å². The first-order chi connectivity index (χ1) is 8.83. The summed E-state index contributed by atoms with van der Waals surface area (Å²) in [6, 6.07) is 7.66. The van der Waals surface area contributed by atoms with Crippen molar-refractivity contribution in [1.29, 1.82) is 0 Å². The highest BCUT2D eigenvalue weighted by Crippen LogP contribution is 2.28. The molecule has 0 aliphatic carbocycles. The van der Waals surface area contributed by atoms with Crippen LogP contribution in [0.4, 0.5) is 0 Å². The number of hydrogen-bond donors (Lipinski definition) is 0. The van der Waals surface area contributed by atoms with E-state index in [0.29, 0.717) is 11.8 Å². The van der Waals surface area contributed by atoms with Gasteiger partial charge in [0.25, 0.3) is 5.19 Å². The molecule has 0 saturated heterocycles. The van der Waals surface area contributed by atoms with Crippen molar-refractivity contribution < 1.29 is 9.47 Å². The quantitative estimate of drug-likeness (QED) is 0.793. The van der Waals surface area contributed by atoms with E-state index in [1.54, 1.807) is 14.0 Å². The SMILES string of the molecule is CC#CCOc1nnc(-c2ccc(OC)cc2)s1. The molecule has 0 N–H and O–H groups in total. The maximum Gasteiger partial charge on any atom is 0.295 e. The van der Waals surface area contributed by atoms with Gasteiger partial charge >= 0.3 is 0 Å². The van der Waals surface area contributed by atoms with Crippen LogP contribution in [0.15, 0.2) is 24.3 Å². The Morgan fingerprint density at radius 1 is 1.22 bits per heavy atom. The van der Waals surface area contributed by atoms with Crippen LogP contribution in [0.3, 0.4) is 0 Å². The zero-order chi connectivity index (χ0) is 12.8. The summed E-state index contributed by atoms with van der Waals surface area (Å²) < 4.78 is 10.4. The topological polar surface area (TPSA) is 44.2 Å².